The van der Waals surface area contributed by atoms with Crippen molar-refractivity contribution in [3.05, 3.63) is 42.0 Å². The predicted octanol–water partition coefficient (Wildman–Crippen LogP) is 3.60. The number of likely N-dealkylation sites (N-methyl/N-ethyl adjacent to an activating group) is 1. The number of carbonyl (C=O) groups excluding carboxylic acids is 1. The Bertz CT molecular complexity index is 1010. The summed E-state index contributed by atoms with van der Waals surface area (Å²) < 4.78 is 5.07. The summed E-state index contributed by atoms with van der Waals surface area (Å²) in [7, 11) is 1.86. The molecular formula is C22H27N5O2. The van der Waals surface area contributed by atoms with Gasteiger partial charge in [-0.3, -0.25) is 14.8 Å². The first-order valence-corrected chi connectivity index (χ1v) is 10.1. The fourth-order valence-electron chi connectivity index (χ4n) is 3.42. The third kappa shape index (κ3) is 4.50. The number of esters is 1. The van der Waals surface area contributed by atoms with Gasteiger partial charge in [-0.25, -0.2) is 9.97 Å². The first kappa shape index (κ1) is 20.6. The number of pyridine rings is 2. The van der Waals surface area contributed by atoms with Crippen LogP contribution in [-0.4, -0.2) is 46.1 Å². The Hall–Kier alpha value is -3.09. The molecule has 0 aliphatic heterocycles. The van der Waals surface area contributed by atoms with Gasteiger partial charge in [-0.1, -0.05) is 13.8 Å². The molecule has 0 saturated carbocycles. The SMILES string of the molecule is CC.CCOC(=O)CN(C)c1nc(-c2cc3cnccc3cn2)nc2c1CCC2. The molecular weight excluding hydrogens is 366 g/mol. The van der Waals surface area contributed by atoms with Crippen LogP contribution in [0.5, 0.6) is 0 Å². The van der Waals surface area contributed by atoms with Gasteiger partial charge in [0.2, 0.25) is 0 Å². The molecule has 0 aromatic carbocycles. The van der Waals surface area contributed by atoms with Gasteiger partial charge in [0, 0.05) is 47.7 Å². The Morgan fingerprint density at radius 2 is 2.00 bits per heavy atom. The van der Waals surface area contributed by atoms with Crippen molar-refractivity contribution < 1.29 is 9.53 Å². The van der Waals surface area contributed by atoms with Crippen molar-refractivity contribution in [2.24, 2.45) is 0 Å². The van der Waals surface area contributed by atoms with E-state index >= 15 is 0 Å². The van der Waals surface area contributed by atoms with Gasteiger partial charge in [-0.05, 0) is 38.3 Å². The van der Waals surface area contributed by atoms with Crippen molar-refractivity contribution in [1.29, 1.82) is 0 Å². The van der Waals surface area contributed by atoms with E-state index < -0.39 is 0 Å². The number of aromatic nitrogens is 4. The highest BCUT2D eigenvalue weighted by Gasteiger charge is 2.23. The van der Waals surface area contributed by atoms with Crippen LogP contribution < -0.4 is 4.90 Å². The first-order valence-electron chi connectivity index (χ1n) is 10.1. The minimum Gasteiger partial charge on any atom is -0.465 e. The summed E-state index contributed by atoms with van der Waals surface area (Å²) >= 11 is 0. The molecule has 4 rings (SSSR count). The normalized spacial score (nSPS) is 12.1. The zero-order valence-corrected chi connectivity index (χ0v) is 17.5. The number of hydrogen-bond acceptors (Lipinski definition) is 7. The second kappa shape index (κ2) is 9.41. The molecule has 3 heterocycles. The summed E-state index contributed by atoms with van der Waals surface area (Å²) in [6.45, 7) is 6.33. The molecule has 0 fully saturated rings. The average molecular weight is 393 g/mol. The third-order valence-electron chi connectivity index (χ3n) is 4.70. The average Bonchev–Trinajstić information content (AvgIpc) is 3.23. The molecule has 0 radical (unpaired) electrons. The predicted molar refractivity (Wildman–Crippen MR) is 114 cm³/mol. The quantitative estimate of drug-likeness (QED) is 0.613. The van der Waals surface area contributed by atoms with Crippen LogP contribution in [0.4, 0.5) is 5.82 Å². The van der Waals surface area contributed by atoms with E-state index in [0.717, 1.165) is 47.1 Å². The molecule has 0 N–H and O–H groups in total. The number of rotatable bonds is 5. The van der Waals surface area contributed by atoms with Gasteiger partial charge < -0.3 is 9.64 Å². The number of carbonyl (C=O) groups is 1. The smallest absolute Gasteiger partial charge is 0.325 e. The summed E-state index contributed by atoms with van der Waals surface area (Å²) in [6.07, 6.45) is 8.25. The van der Waals surface area contributed by atoms with E-state index in [-0.39, 0.29) is 12.5 Å². The Balaban J connectivity index is 0.00000117. The van der Waals surface area contributed by atoms with E-state index in [1.54, 1.807) is 13.1 Å². The Morgan fingerprint density at radius 3 is 2.79 bits per heavy atom. The van der Waals surface area contributed by atoms with Gasteiger partial charge in [0.1, 0.15) is 18.1 Å². The zero-order valence-electron chi connectivity index (χ0n) is 17.5. The van der Waals surface area contributed by atoms with E-state index in [0.29, 0.717) is 18.1 Å². The molecule has 29 heavy (non-hydrogen) atoms. The largest absolute Gasteiger partial charge is 0.465 e. The van der Waals surface area contributed by atoms with Gasteiger partial charge in [-0.2, -0.15) is 0 Å². The van der Waals surface area contributed by atoms with Gasteiger partial charge in [0.15, 0.2) is 5.82 Å². The first-order chi connectivity index (χ1) is 14.2. The van der Waals surface area contributed by atoms with Crippen molar-refractivity contribution in [2.45, 2.75) is 40.0 Å². The summed E-state index contributed by atoms with van der Waals surface area (Å²) in [6, 6.07) is 3.88. The van der Waals surface area contributed by atoms with Crippen molar-refractivity contribution in [1.82, 2.24) is 19.9 Å². The number of hydrogen-bond donors (Lipinski definition) is 0. The van der Waals surface area contributed by atoms with E-state index in [9.17, 15) is 4.79 Å². The Labute approximate surface area is 171 Å². The summed E-state index contributed by atoms with van der Waals surface area (Å²) in [5.41, 5.74) is 2.86. The van der Waals surface area contributed by atoms with Crippen molar-refractivity contribution in [3.63, 3.8) is 0 Å². The molecule has 0 saturated heterocycles. The molecule has 3 aromatic heterocycles. The van der Waals surface area contributed by atoms with Crippen LogP contribution in [0.3, 0.4) is 0 Å². The van der Waals surface area contributed by atoms with Crippen LogP contribution in [0.15, 0.2) is 30.7 Å². The lowest BCUT2D eigenvalue weighted by molar-refractivity contribution is -0.141. The number of anilines is 1. The number of aryl methyl sites for hydroxylation is 1. The van der Waals surface area contributed by atoms with Gasteiger partial charge in [-0.15, -0.1) is 0 Å². The zero-order chi connectivity index (χ0) is 20.8. The molecule has 3 aromatic rings. The monoisotopic (exact) mass is 393 g/mol. The molecule has 0 spiro atoms. The van der Waals surface area contributed by atoms with Crippen LogP contribution in [0.2, 0.25) is 0 Å². The van der Waals surface area contributed by atoms with Crippen LogP contribution >= 0.6 is 0 Å². The lowest BCUT2D eigenvalue weighted by atomic mass is 10.2. The highest BCUT2D eigenvalue weighted by atomic mass is 16.5. The fraction of sp³-hybridized carbons (Fsp3) is 0.409. The molecule has 0 bridgehead atoms. The second-order valence-electron chi connectivity index (χ2n) is 6.60. The van der Waals surface area contributed by atoms with E-state index in [2.05, 4.69) is 9.97 Å². The van der Waals surface area contributed by atoms with Crippen molar-refractivity contribution in [2.75, 3.05) is 25.1 Å². The lowest BCUT2D eigenvalue weighted by Crippen LogP contribution is -2.29. The molecule has 0 atom stereocenters. The van der Waals surface area contributed by atoms with E-state index in [1.807, 2.05) is 50.3 Å². The third-order valence-corrected chi connectivity index (χ3v) is 4.70. The molecule has 1 aliphatic carbocycles. The highest BCUT2D eigenvalue weighted by Crippen LogP contribution is 2.31. The minimum atomic E-state index is -0.262. The summed E-state index contributed by atoms with van der Waals surface area (Å²) in [5, 5.41) is 2.02. The Kier molecular flexibility index (Phi) is 6.69. The standard InChI is InChI=1S/C20H21N5O2.C2H6/c1-3-27-18(26)12-25(2)20-15-5-4-6-16(15)23-19(24-20)17-9-14-10-21-8-7-13(14)11-22-17;1-2/h7-11H,3-6,12H2,1-2H3;1-2H3. The van der Waals surface area contributed by atoms with Gasteiger partial charge in [0.05, 0.1) is 6.61 Å². The maximum atomic E-state index is 11.9. The lowest BCUT2D eigenvalue weighted by Gasteiger charge is -2.20. The summed E-state index contributed by atoms with van der Waals surface area (Å²) in [5.74, 6) is 1.10. The van der Waals surface area contributed by atoms with Crippen LogP contribution in [0.25, 0.3) is 22.3 Å². The summed E-state index contributed by atoms with van der Waals surface area (Å²) in [4.78, 5) is 32.0. The van der Waals surface area contributed by atoms with Crippen molar-refractivity contribution >= 4 is 22.6 Å². The van der Waals surface area contributed by atoms with Crippen LogP contribution in [0.1, 0.15) is 38.4 Å². The molecule has 7 heteroatoms. The van der Waals surface area contributed by atoms with Crippen LogP contribution in [0, 0.1) is 0 Å². The fourth-order valence-corrected chi connectivity index (χ4v) is 3.42. The van der Waals surface area contributed by atoms with Crippen LogP contribution in [-0.2, 0) is 22.4 Å². The molecule has 0 unspecified atom stereocenters. The highest BCUT2D eigenvalue weighted by molar-refractivity contribution is 5.83. The maximum Gasteiger partial charge on any atom is 0.325 e. The number of ether oxygens (including phenoxy) is 1. The van der Waals surface area contributed by atoms with Gasteiger partial charge >= 0.3 is 5.97 Å². The molecule has 0 amide bonds. The Morgan fingerprint density at radius 1 is 1.17 bits per heavy atom. The maximum absolute atomic E-state index is 11.9. The number of fused-ring (bicyclic) bond motifs is 2. The van der Waals surface area contributed by atoms with E-state index in [4.69, 9.17) is 14.7 Å². The minimum absolute atomic E-state index is 0.159. The van der Waals surface area contributed by atoms with Crippen molar-refractivity contribution in [3.8, 4) is 11.5 Å². The molecule has 1 aliphatic rings. The molecule has 152 valence electrons. The van der Waals surface area contributed by atoms with Gasteiger partial charge in [0.25, 0.3) is 0 Å². The van der Waals surface area contributed by atoms with E-state index in [1.165, 1.54) is 0 Å². The number of nitrogens with zero attached hydrogens (tertiary/aromatic N) is 5. The molecule has 7 nitrogen and oxygen atoms in total. The topological polar surface area (TPSA) is 81.1 Å². The second-order valence-corrected chi connectivity index (χ2v) is 6.60.